The van der Waals surface area contributed by atoms with Gasteiger partial charge >= 0.3 is 0 Å². The summed E-state index contributed by atoms with van der Waals surface area (Å²) in [5.41, 5.74) is 1.14. The second kappa shape index (κ2) is 6.54. The number of sulfonamides is 1. The highest BCUT2D eigenvalue weighted by Gasteiger charge is 2.25. The molecule has 0 aliphatic carbocycles. The average Bonchev–Trinajstić information content (AvgIpc) is 2.55. The van der Waals surface area contributed by atoms with Gasteiger partial charge < -0.3 is 5.32 Å². The molecule has 1 aliphatic heterocycles. The fourth-order valence-electron chi connectivity index (χ4n) is 2.22. The summed E-state index contributed by atoms with van der Waals surface area (Å²) in [6.45, 7) is 1.84. The van der Waals surface area contributed by atoms with Gasteiger partial charge in [0.15, 0.2) is 0 Å². The Kier molecular flexibility index (Phi) is 4.62. The minimum Gasteiger partial charge on any atom is -0.324 e. The van der Waals surface area contributed by atoms with Gasteiger partial charge in [0.25, 0.3) is 0 Å². The standard InChI is InChI=1S/C16H15FN2O3S2/c1-10-16(20)19-14-8-13(6-7-15(14)23-10)24(21,22)18-9-11-2-4-12(17)5-3-11/h2-8,10,18H,9H2,1H3,(H,19,20). The fourth-order valence-corrected chi connectivity index (χ4v) is 4.19. The summed E-state index contributed by atoms with van der Waals surface area (Å²) in [5.74, 6) is -0.528. The number of hydrogen-bond donors (Lipinski definition) is 2. The van der Waals surface area contributed by atoms with Crippen LogP contribution in [0.3, 0.4) is 0 Å². The van der Waals surface area contributed by atoms with E-state index in [9.17, 15) is 17.6 Å². The molecule has 2 N–H and O–H groups in total. The Morgan fingerprint density at radius 1 is 1.21 bits per heavy atom. The van der Waals surface area contributed by atoms with Gasteiger partial charge in [-0.15, -0.1) is 11.8 Å². The highest BCUT2D eigenvalue weighted by atomic mass is 32.2. The summed E-state index contributed by atoms with van der Waals surface area (Å²) < 4.78 is 40.1. The van der Waals surface area contributed by atoms with Crippen LogP contribution in [0.25, 0.3) is 0 Å². The lowest BCUT2D eigenvalue weighted by Gasteiger charge is -2.21. The third-order valence-corrected chi connectivity index (χ3v) is 6.15. The van der Waals surface area contributed by atoms with E-state index in [1.165, 1.54) is 48.2 Å². The molecule has 0 saturated heterocycles. The monoisotopic (exact) mass is 366 g/mol. The average molecular weight is 366 g/mol. The molecule has 3 rings (SSSR count). The number of rotatable bonds is 4. The van der Waals surface area contributed by atoms with Crippen molar-refractivity contribution in [3.63, 3.8) is 0 Å². The second-order valence-electron chi connectivity index (χ2n) is 5.36. The fraction of sp³-hybridized carbons (Fsp3) is 0.188. The highest BCUT2D eigenvalue weighted by Crippen LogP contribution is 2.36. The molecule has 5 nitrogen and oxygen atoms in total. The van der Waals surface area contributed by atoms with Gasteiger partial charge in [0.05, 0.1) is 15.8 Å². The summed E-state index contributed by atoms with van der Waals surface area (Å²) in [6.07, 6.45) is 0. The minimum absolute atomic E-state index is 0.0534. The SMILES string of the molecule is CC1Sc2ccc(S(=O)(=O)NCc3ccc(F)cc3)cc2NC1=O. The van der Waals surface area contributed by atoms with Crippen LogP contribution < -0.4 is 10.0 Å². The number of fused-ring (bicyclic) bond motifs is 1. The van der Waals surface area contributed by atoms with E-state index in [0.717, 1.165) is 4.90 Å². The van der Waals surface area contributed by atoms with Crippen molar-refractivity contribution in [1.82, 2.24) is 4.72 Å². The van der Waals surface area contributed by atoms with E-state index in [1.54, 1.807) is 13.0 Å². The van der Waals surface area contributed by atoms with Crippen LogP contribution in [0.1, 0.15) is 12.5 Å². The summed E-state index contributed by atoms with van der Waals surface area (Å²) in [4.78, 5) is 12.6. The Morgan fingerprint density at radius 2 is 1.92 bits per heavy atom. The molecule has 0 spiro atoms. The zero-order chi connectivity index (χ0) is 17.3. The van der Waals surface area contributed by atoms with Crippen molar-refractivity contribution in [3.05, 3.63) is 53.8 Å². The minimum atomic E-state index is -3.74. The van der Waals surface area contributed by atoms with Gasteiger partial charge in [-0.05, 0) is 42.8 Å². The van der Waals surface area contributed by atoms with Crippen molar-refractivity contribution in [2.24, 2.45) is 0 Å². The number of thioether (sulfide) groups is 1. The first-order valence-electron chi connectivity index (χ1n) is 7.21. The highest BCUT2D eigenvalue weighted by molar-refractivity contribution is 8.01. The molecular weight excluding hydrogens is 351 g/mol. The molecule has 24 heavy (non-hydrogen) atoms. The lowest BCUT2D eigenvalue weighted by molar-refractivity contribution is -0.115. The van der Waals surface area contributed by atoms with Crippen molar-refractivity contribution in [3.8, 4) is 0 Å². The molecular formula is C16H15FN2O3S2. The van der Waals surface area contributed by atoms with Crippen LogP contribution in [0.4, 0.5) is 10.1 Å². The Bertz CT molecular complexity index is 883. The van der Waals surface area contributed by atoms with Gasteiger partial charge in [0, 0.05) is 11.4 Å². The Balaban J connectivity index is 1.78. The van der Waals surface area contributed by atoms with Crippen LogP contribution in [-0.4, -0.2) is 19.6 Å². The zero-order valence-electron chi connectivity index (χ0n) is 12.7. The summed E-state index contributed by atoms with van der Waals surface area (Å²) in [6, 6.07) is 10.2. The van der Waals surface area contributed by atoms with Crippen LogP contribution in [0, 0.1) is 5.82 Å². The Labute approximate surface area is 143 Å². The number of carbonyl (C=O) groups is 1. The van der Waals surface area contributed by atoms with Crippen molar-refractivity contribution in [2.75, 3.05) is 5.32 Å². The van der Waals surface area contributed by atoms with Crippen LogP contribution in [0.5, 0.6) is 0 Å². The third kappa shape index (κ3) is 3.61. The first-order chi connectivity index (χ1) is 11.3. The number of halogens is 1. The third-order valence-electron chi connectivity index (χ3n) is 3.57. The van der Waals surface area contributed by atoms with E-state index in [2.05, 4.69) is 10.0 Å². The molecule has 0 fully saturated rings. The van der Waals surface area contributed by atoms with Gasteiger partial charge in [-0.2, -0.15) is 0 Å². The van der Waals surface area contributed by atoms with E-state index < -0.39 is 10.0 Å². The largest absolute Gasteiger partial charge is 0.324 e. The quantitative estimate of drug-likeness (QED) is 0.872. The molecule has 0 aromatic heterocycles. The molecule has 1 amide bonds. The maximum atomic E-state index is 12.9. The maximum absolute atomic E-state index is 12.9. The number of carbonyl (C=O) groups excluding carboxylic acids is 1. The maximum Gasteiger partial charge on any atom is 0.240 e. The number of hydrogen-bond acceptors (Lipinski definition) is 4. The van der Waals surface area contributed by atoms with E-state index >= 15 is 0 Å². The normalized spacial score (nSPS) is 17.2. The molecule has 0 radical (unpaired) electrons. The molecule has 1 unspecified atom stereocenters. The molecule has 8 heteroatoms. The zero-order valence-corrected chi connectivity index (χ0v) is 14.4. The molecule has 2 aromatic carbocycles. The predicted octanol–water partition coefficient (Wildman–Crippen LogP) is 2.74. The van der Waals surface area contributed by atoms with E-state index in [1.807, 2.05) is 0 Å². The van der Waals surface area contributed by atoms with Gasteiger partial charge in [-0.1, -0.05) is 12.1 Å². The number of anilines is 1. The molecule has 0 bridgehead atoms. The Hall–Kier alpha value is -1.90. The summed E-state index contributed by atoms with van der Waals surface area (Å²) in [5, 5.41) is 2.50. The smallest absolute Gasteiger partial charge is 0.240 e. The van der Waals surface area contributed by atoms with E-state index in [-0.39, 0.29) is 28.4 Å². The van der Waals surface area contributed by atoms with E-state index in [4.69, 9.17) is 0 Å². The number of benzene rings is 2. The van der Waals surface area contributed by atoms with Crippen LogP contribution in [0.15, 0.2) is 52.3 Å². The topological polar surface area (TPSA) is 75.3 Å². The van der Waals surface area contributed by atoms with E-state index in [0.29, 0.717) is 11.3 Å². The first-order valence-corrected chi connectivity index (χ1v) is 9.57. The molecule has 126 valence electrons. The van der Waals surface area contributed by atoms with Gasteiger partial charge in [0.1, 0.15) is 5.82 Å². The van der Waals surface area contributed by atoms with Crippen molar-refractivity contribution < 1.29 is 17.6 Å². The van der Waals surface area contributed by atoms with Crippen molar-refractivity contribution >= 4 is 33.4 Å². The predicted molar refractivity (Wildman–Crippen MR) is 90.8 cm³/mol. The van der Waals surface area contributed by atoms with Crippen LogP contribution in [0.2, 0.25) is 0 Å². The van der Waals surface area contributed by atoms with Crippen molar-refractivity contribution in [2.45, 2.75) is 28.5 Å². The lowest BCUT2D eigenvalue weighted by atomic mass is 10.2. The number of nitrogens with one attached hydrogen (secondary N) is 2. The molecule has 1 heterocycles. The van der Waals surface area contributed by atoms with Crippen LogP contribution >= 0.6 is 11.8 Å². The molecule has 2 aromatic rings. The van der Waals surface area contributed by atoms with Gasteiger partial charge in [-0.25, -0.2) is 17.5 Å². The Morgan fingerprint density at radius 3 is 2.62 bits per heavy atom. The summed E-state index contributed by atoms with van der Waals surface area (Å²) in [7, 11) is -3.74. The lowest BCUT2D eigenvalue weighted by Crippen LogP contribution is -2.27. The van der Waals surface area contributed by atoms with Gasteiger partial charge in [-0.3, -0.25) is 4.79 Å². The first kappa shape index (κ1) is 16.9. The molecule has 1 aliphatic rings. The van der Waals surface area contributed by atoms with Crippen LogP contribution in [-0.2, 0) is 21.4 Å². The molecule has 1 atom stereocenters. The van der Waals surface area contributed by atoms with Gasteiger partial charge in [0.2, 0.25) is 15.9 Å². The number of amides is 1. The van der Waals surface area contributed by atoms with Crippen molar-refractivity contribution in [1.29, 1.82) is 0 Å². The summed E-state index contributed by atoms with van der Waals surface area (Å²) >= 11 is 1.39. The second-order valence-corrected chi connectivity index (χ2v) is 8.51. The molecule has 0 saturated carbocycles.